The molecule has 5 heteroatoms. The van der Waals surface area contributed by atoms with Gasteiger partial charge in [-0.1, -0.05) is 0 Å². The van der Waals surface area contributed by atoms with Crippen LogP contribution in [0.5, 0.6) is 0 Å². The van der Waals surface area contributed by atoms with Crippen molar-refractivity contribution in [2.24, 2.45) is 0 Å². The number of likely N-dealkylation sites (tertiary alicyclic amines) is 1. The minimum absolute atomic E-state index is 0.251. The molecule has 0 aromatic rings. The van der Waals surface area contributed by atoms with Gasteiger partial charge in [0.15, 0.2) is 0 Å². The molecule has 0 aromatic carbocycles. The minimum Gasteiger partial charge on any atom is -0.444 e. The average Bonchev–Trinajstić information content (AvgIpc) is 2.38. The van der Waals surface area contributed by atoms with Crippen LogP contribution in [0.1, 0.15) is 46.5 Å². The number of hydrogen-bond donors (Lipinski definition) is 1. The summed E-state index contributed by atoms with van der Waals surface area (Å²) in [5.74, 6) is 0. The van der Waals surface area contributed by atoms with E-state index in [9.17, 15) is 4.79 Å². The van der Waals surface area contributed by atoms with Crippen LogP contribution in [0.25, 0.3) is 0 Å². The van der Waals surface area contributed by atoms with Gasteiger partial charge in [0.25, 0.3) is 0 Å². The van der Waals surface area contributed by atoms with Gasteiger partial charge in [-0.15, -0.1) is 0 Å². The third kappa shape index (κ3) is 4.94. The zero-order chi connectivity index (χ0) is 14.6. The molecule has 0 aliphatic carbocycles. The van der Waals surface area contributed by atoms with Gasteiger partial charge in [-0.05, 0) is 46.5 Å². The lowest BCUT2D eigenvalue weighted by molar-refractivity contribution is 0.0211. The first-order chi connectivity index (χ1) is 9.44. The molecule has 5 nitrogen and oxygen atoms in total. The predicted octanol–water partition coefficient (Wildman–Crippen LogP) is 2.15. The summed E-state index contributed by atoms with van der Waals surface area (Å²) >= 11 is 0. The van der Waals surface area contributed by atoms with Crippen molar-refractivity contribution in [2.75, 3.05) is 26.3 Å². The Morgan fingerprint density at radius 1 is 1.15 bits per heavy atom. The Kier molecular flexibility index (Phi) is 5.27. The second kappa shape index (κ2) is 6.76. The summed E-state index contributed by atoms with van der Waals surface area (Å²) in [7, 11) is 0. The standard InChI is InChI=1S/C15H28N2O3/c1-15(2,3)20-14(18)16-12-4-8-17(9-5-12)13-6-10-19-11-7-13/h12-13H,4-11H2,1-3H3,(H,16,18). The number of nitrogens with zero attached hydrogens (tertiary/aromatic N) is 1. The zero-order valence-corrected chi connectivity index (χ0v) is 13.0. The monoisotopic (exact) mass is 284 g/mol. The fourth-order valence-corrected chi connectivity index (χ4v) is 2.93. The van der Waals surface area contributed by atoms with E-state index in [4.69, 9.17) is 9.47 Å². The molecule has 0 bridgehead atoms. The molecule has 0 aromatic heterocycles. The maximum absolute atomic E-state index is 11.7. The fraction of sp³-hybridized carbons (Fsp3) is 0.933. The highest BCUT2D eigenvalue weighted by atomic mass is 16.6. The van der Waals surface area contributed by atoms with E-state index in [1.807, 2.05) is 20.8 Å². The number of piperidine rings is 1. The normalized spacial score (nSPS) is 23.6. The lowest BCUT2D eigenvalue weighted by Crippen LogP contribution is -2.49. The van der Waals surface area contributed by atoms with E-state index in [2.05, 4.69) is 10.2 Å². The first-order valence-electron chi connectivity index (χ1n) is 7.75. The largest absolute Gasteiger partial charge is 0.444 e. The number of hydrogen-bond acceptors (Lipinski definition) is 4. The van der Waals surface area contributed by atoms with Crippen LogP contribution in [0.3, 0.4) is 0 Å². The van der Waals surface area contributed by atoms with Crippen LogP contribution in [0.4, 0.5) is 4.79 Å². The van der Waals surface area contributed by atoms with Crippen LogP contribution < -0.4 is 5.32 Å². The molecule has 20 heavy (non-hydrogen) atoms. The molecular formula is C15H28N2O3. The molecule has 0 unspecified atom stereocenters. The lowest BCUT2D eigenvalue weighted by atomic mass is 10.00. The highest BCUT2D eigenvalue weighted by Gasteiger charge is 2.28. The second-order valence-corrected chi connectivity index (χ2v) is 6.80. The number of amides is 1. The van der Waals surface area contributed by atoms with E-state index in [-0.39, 0.29) is 12.1 Å². The van der Waals surface area contributed by atoms with Crippen molar-refractivity contribution >= 4 is 6.09 Å². The molecule has 2 fully saturated rings. The Morgan fingerprint density at radius 2 is 1.75 bits per heavy atom. The predicted molar refractivity (Wildman–Crippen MR) is 77.8 cm³/mol. The van der Waals surface area contributed by atoms with Gasteiger partial charge in [0.2, 0.25) is 0 Å². The number of ether oxygens (including phenoxy) is 2. The zero-order valence-electron chi connectivity index (χ0n) is 13.0. The molecule has 2 aliphatic heterocycles. The quantitative estimate of drug-likeness (QED) is 0.844. The molecule has 0 atom stereocenters. The van der Waals surface area contributed by atoms with Crippen molar-refractivity contribution < 1.29 is 14.3 Å². The molecule has 2 rings (SSSR count). The van der Waals surface area contributed by atoms with Crippen LogP contribution in [-0.4, -0.2) is 55.0 Å². The summed E-state index contributed by atoms with van der Waals surface area (Å²) in [6, 6.07) is 0.923. The van der Waals surface area contributed by atoms with Gasteiger partial charge in [-0.3, -0.25) is 0 Å². The van der Waals surface area contributed by atoms with Crippen molar-refractivity contribution in [3.05, 3.63) is 0 Å². The molecule has 2 heterocycles. The Bertz CT molecular complexity index is 314. The maximum atomic E-state index is 11.7. The molecule has 2 aliphatic rings. The van der Waals surface area contributed by atoms with Crippen molar-refractivity contribution in [2.45, 2.75) is 64.1 Å². The van der Waals surface area contributed by atoms with Crippen LogP contribution in [0.15, 0.2) is 0 Å². The number of nitrogens with one attached hydrogen (secondary N) is 1. The topological polar surface area (TPSA) is 50.8 Å². The molecule has 1 amide bonds. The first kappa shape index (κ1) is 15.6. The SMILES string of the molecule is CC(C)(C)OC(=O)NC1CCN(C2CCOCC2)CC1. The molecule has 2 saturated heterocycles. The fourth-order valence-electron chi connectivity index (χ4n) is 2.93. The molecule has 1 N–H and O–H groups in total. The van der Waals surface area contributed by atoms with E-state index >= 15 is 0 Å². The third-order valence-electron chi connectivity index (χ3n) is 3.96. The van der Waals surface area contributed by atoms with Crippen molar-refractivity contribution in [1.82, 2.24) is 10.2 Å². The number of carbonyl (C=O) groups is 1. The van der Waals surface area contributed by atoms with Gasteiger partial charge in [0.1, 0.15) is 5.60 Å². The first-order valence-corrected chi connectivity index (χ1v) is 7.75. The van der Waals surface area contributed by atoms with E-state index in [0.717, 1.165) is 52.0 Å². The Morgan fingerprint density at radius 3 is 2.30 bits per heavy atom. The molecular weight excluding hydrogens is 256 g/mol. The lowest BCUT2D eigenvalue weighted by Gasteiger charge is -2.39. The van der Waals surface area contributed by atoms with Crippen LogP contribution in [0, 0.1) is 0 Å². The summed E-state index contributed by atoms with van der Waals surface area (Å²) in [5.41, 5.74) is -0.424. The molecule has 0 radical (unpaired) electrons. The molecule has 116 valence electrons. The van der Waals surface area contributed by atoms with Gasteiger partial charge in [-0.25, -0.2) is 4.79 Å². The average molecular weight is 284 g/mol. The number of rotatable bonds is 2. The second-order valence-electron chi connectivity index (χ2n) is 6.80. The minimum atomic E-state index is -0.424. The van der Waals surface area contributed by atoms with E-state index < -0.39 is 5.60 Å². The van der Waals surface area contributed by atoms with Gasteiger partial charge >= 0.3 is 6.09 Å². The van der Waals surface area contributed by atoms with Crippen molar-refractivity contribution in [3.8, 4) is 0 Å². The van der Waals surface area contributed by atoms with Gasteiger partial charge in [-0.2, -0.15) is 0 Å². The van der Waals surface area contributed by atoms with Crippen LogP contribution in [0.2, 0.25) is 0 Å². The van der Waals surface area contributed by atoms with Crippen LogP contribution >= 0.6 is 0 Å². The van der Waals surface area contributed by atoms with Gasteiger partial charge in [0.05, 0.1) is 0 Å². The summed E-state index contributed by atoms with van der Waals surface area (Å²) in [6.07, 6.45) is 4.02. The molecule has 0 saturated carbocycles. The van der Waals surface area contributed by atoms with Crippen molar-refractivity contribution in [3.63, 3.8) is 0 Å². The summed E-state index contributed by atoms with van der Waals surface area (Å²) in [5, 5.41) is 2.99. The van der Waals surface area contributed by atoms with E-state index in [1.165, 1.54) is 0 Å². The highest BCUT2D eigenvalue weighted by Crippen LogP contribution is 2.20. The highest BCUT2D eigenvalue weighted by molar-refractivity contribution is 5.68. The van der Waals surface area contributed by atoms with Gasteiger partial charge < -0.3 is 19.7 Å². The Labute approximate surface area is 122 Å². The third-order valence-corrected chi connectivity index (χ3v) is 3.96. The number of carbonyl (C=O) groups excluding carboxylic acids is 1. The van der Waals surface area contributed by atoms with E-state index in [0.29, 0.717) is 6.04 Å². The summed E-state index contributed by atoms with van der Waals surface area (Å²) in [6.45, 7) is 9.57. The van der Waals surface area contributed by atoms with Crippen LogP contribution in [-0.2, 0) is 9.47 Å². The maximum Gasteiger partial charge on any atom is 0.407 e. The summed E-state index contributed by atoms with van der Waals surface area (Å²) in [4.78, 5) is 14.3. The molecule has 0 spiro atoms. The van der Waals surface area contributed by atoms with E-state index in [1.54, 1.807) is 0 Å². The Hall–Kier alpha value is -0.810. The smallest absolute Gasteiger partial charge is 0.407 e. The van der Waals surface area contributed by atoms with Gasteiger partial charge in [0, 0.05) is 38.4 Å². The van der Waals surface area contributed by atoms with Crippen molar-refractivity contribution in [1.29, 1.82) is 0 Å². The summed E-state index contributed by atoms with van der Waals surface area (Å²) < 4.78 is 10.7. The number of alkyl carbamates (subject to hydrolysis) is 1. The Balaban J connectivity index is 1.70.